The van der Waals surface area contributed by atoms with Gasteiger partial charge in [0.2, 0.25) is 11.8 Å². The first-order valence-corrected chi connectivity index (χ1v) is 9.07. The van der Waals surface area contributed by atoms with Crippen molar-refractivity contribution in [2.45, 2.75) is 29.9 Å². The van der Waals surface area contributed by atoms with Gasteiger partial charge in [0.1, 0.15) is 5.82 Å². The summed E-state index contributed by atoms with van der Waals surface area (Å²) in [5.74, 6) is -2.29. The average Bonchev–Trinajstić information content (AvgIpc) is 2.62. The molecule has 0 aromatic heterocycles. The van der Waals surface area contributed by atoms with E-state index in [1.807, 2.05) is 0 Å². The molecule has 0 fully saturated rings. The van der Waals surface area contributed by atoms with E-state index in [9.17, 15) is 18.8 Å². The van der Waals surface area contributed by atoms with Crippen molar-refractivity contribution in [1.29, 1.82) is 0 Å². The molecule has 0 aliphatic carbocycles. The molecule has 2 rings (SSSR count). The van der Waals surface area contributed by atoms with Crippen LogP contribution in [-0.4, -0.2) is 28.1 Å². The fourth-order valence-corrected chi connectivity index (χ4v) is 3.07. The summed E-state index contributed by atoms with van der Waals surface area (Å²) in [5, 5.41) is 13.3. The topological polar surface area (TPSA) is 95.5 Å². The molecule has 2 amide bonds. The molecular formula is C19H19FN2O4S. The lowest BCUT2D eigenvalue weighted by Gasteiger charge is -2.13. The van der Waals surface area contributed by atoms with Crippen LogP contribution in [0.2, 0.25) is 0 Å². The molecule has 3 N–H and O–H groups in total. The van der Waals surface area contributed by atoms with E-state index in [0.717, 1.165) is 4.90 Å². The molecule has 0 saturated heterocycles. The van der Waals surface area contributed by atoms with Gasteiger partial charge in [-0.3, -0.25) is 14.4 Å². The third-order valence-corrected chi connectivity index (χ3v) is 4.59. The Balaban J connectivity index is 1.94. The van der Waals surface area contributed by atoms with Crippen molar-refractivity contribution in [3.05, 3.63) is 54.3 Å². The Bertz CT molecular complexity index is 844. The van der Waals surface area contributed by atoms with Crippen molar-refractivity contribution in [3.63, 3.8) is 0 Å². The number of nitrogens with one attached hydrogen (secondary N) is 2. The number of halogens is 1. The van der Waals surface area contributed by atoms with Crippen LogP contribution in [0.3, 0.4) is 0 Å². The summed E-state index contributed by atoms with van der Waals surface area (Å²) >= 11 is 1.26. The number of carboxylic acid groups (broad SMARTS) is 1. The van der Waals surface area contributed by atoms with Crippen LogP contribution in [0.25, 0.3) is 0 Å². The van der Waals surface area contributed by atoms with E-state index in [2.05, 4.69) is 10.6 Å². The maximum atomic E-state index is 13.6. The number of para-hydroxylation sites is 1. The van der Waals surface area contributed by atoms with E-state index >= 15 is 0 Å². The van der Waals surface area contributed by atoms with Crippen LogP contribution in [0.15, 0.2) is 53.4 Å². The molecule has 6 nitrogen and oxygen atoms in total. The van der Waals surface area contributed by atoms with Gasteiger partial charge in [0.05, 0.1) is 17.4 Å². The van der Waals surface area contributed by atoms with E-state index in [1.54, 1.807) is 43.3 Å². The van der Waals surface area contributed by atoms with Crippen LogP contribution in [0, 0.1) is 5.82 Å². The molecule has 1 atom stereocenters. The summed E-state index contributed by atoms with van der Waals surface area (Å²) in [5.41, 5.74) is 0.631. The Morgan fingerprint density at radius 1 is 1.07 bits per heavy atom. The standard InChI is InChI=1S/C19H19FN2O4S/c1-12(19(26)22-16-8-3-2-7-15(16)20)27-14-6-4-5-13(11-14)21-17(23)9-10-18(24)25/h2-8,11-12H,9-10H2,1H3,(H,21,23)(H,22,26)(H,24,25). The minimum absolute atomic E-state index is 0.117. The maximum Gasteiger partial charge on any atom is 0.303 e. The SMILES string of the molecule is CC(Sc1cccc(NC(=O)CCC(=O)O)c1)C(=O)Nc1ccccc1F. The van der Waals surface area contributed by atoms with Gasteiger partial charge in [-0.2, -0.15) is 0 Å². The number of carbonyl (C=O) groups excluding carboxylic acids is 2. The predicted octanol–water partition coefficient (Wildman–Crippen LogP) is 3.75. The van der Waals surface area contributed by atoms with Crippen LogP contribution in [0.5, 0.6) is 0 Å². The van der Waals surface area contributed by atoms with Crippen LogP contribution < -0.4 is 10.6 Å². The van der Waals surface area contributed by atoms with Crippen LogP contribution in [0.4, 0.5) is 15.8 Å². The quantitative estimate of drug-likeness (QED) is 0.597. The molecule has 0 aliphatic heterocycles. The lowest BCUT2D eigenvalue weighted by atomic mass is 10.2. The molecule has 2 aromatic rings. The molecule has 2 aromatic carbocycles. The molecule has 0 spiro atoms. The normalized spacial score (nSPS) is 11.5. The third-order valence-electron chi connectivity index (χ3n) is 3.50. The molecule has 8 heteroatoms. The Labute approximate surface area is 160 Å². The summed E-state index contributed by atoms with van der Waals surface area (Å²) in [7, 11) is 0. The number of amides is 2. The highest BCUT2D eigenvalue weighted by Gasteiger charge is 2.16. The number of carbonyl (C=O) groups is 3. The molecule has 0 aliphatic rings. The molecule has 27 heavy (non-hydrogen) atoms. The Hall–Kier alpha value is -2.87. The van der Waals surface area contributed by atoms with E-state index < -0.39 is 22.9 Å². The maximum absolute atomic E-state index is 13.6. The van der Waals surface area contributed by atoms with Crippen molar-refractivity contribution in [3.8, 4) is 0 Å². The number of anilines is 2. The number of benzene rings is 2. The van der Waals surface area contributed by atoms with Gasteiger partial charge in [-0.25, -0.2) is 4.39 Å². The highest BCUT2D eigenvalue weighted by atomic mass is 32.2. The van der Waals surface area contributed by atoms with Gasteiger partial charge in [0, 0.05) is 17.0 Å². The minimum atomic E-state index is -1.04. The molecule has 0 heterocycles. The lowest BCUT2D eigenvalue weighted by Crippen LogP contribution is -2.22. The Morgan fingerprint density at radius 2 is 1.81 bits per heavy atom. The number of hydrogen-bond donors (Lipinski definition) is 3. The van der Waals surface area contributed by atoms with Crippen molar-refractivity contribution >= 4 is 40.9 Å². The second-order valence-corrected chi connectivity index (χ2v) is 7.11. The first-order valence-electron chi connectivity index (χ1n) is 8.19. The van der Waals surface area contributed by atoms with Crippen molar-refractivity contribution in [2.24, 2.45) is 0 Å². The second-order valence-electron chi connectivity index (χ2n) is 5.70. The van der Waals surface area contributed by atoms with Crippen LogP contribution in [0.1, 0.15) is 19.8 Å². The zero-order chi connectivity index (χ0) is 19.8. The summed E-state index contributed by atoms with van der Waals surface area (Å²) in [6.07, 6.45) is -0.359. The van der Waals surface area contributed by atoms with Gasteiger partial charge in [-0.1, -0.05) is 18.2 Å². The monoisotopic (exact) mass is 390 g/mol. The molecule has 0 radical (unpaired) electrons. The first-order chi connectivity index (χ1) is 12.8. The number of rotatable bonds is 8. The largest absolute Gasteiger partial charge is 0.481 e. The molecule has 1 unspecified atom stereocenters. The first kappa shape index (κ1) is 20.4. The van der Waals surface area contributed by atoms with Crippen molar-refractivity contribution in [1.82, 2.24) is 0 Å². The zero-order valence-corrected chi connectivity index (χ0v) is 15.4. The van der Waals surface area contributed by atoms with Gasteiger partial charge in [-0.05, 0) is 37.3 Å². The van der Waals surface area contributed by atoms with Gasteiger partial charge in [-0.15, -0.1) is 11.8 Å². The molecule has 0 saturated carbocycles. The smallest absolute Gasteiger partial charge is 0.303 e. The Kier molecular flexibility index (Phi) is 7.36. The molecule has 142 valence electrons. The summed E-state index contributed by atoms with van der Waals surface area (Å²) in [4.78, 5) is 35.2. The highest BCUT2D eigenvalue weighted by molar-refractivity contribution is 8.00. The van der Waals surface area contributed by atoms with Crippen molar-refractivity contribution < 1.29 is 23.9 Å². The van der Waals surface area contributed by atoms with Crippen LogP contribution in [-0.2, 0) is 14.4 Å². The van der Waals surface area contributed by atoms with Crippen LogP contribution >= 0.6 is 11.8 Å². The summed E-state index contributed by atoms with van der Waals surface area (Å²) < 4.78 is 13.6. The van der Waals surface area contributed by atoms with Gasteiger partial charge in [0.15, 0.2) is 0 Å². The molecular weight excluding hydrogens is 371 g/mol. The van der Waals surface area contributed by atoms with Gasteiger partial charge < -0.3 is 15.7 Å². The third kappa shape index (κ3) is 6.74. The van der Waals surface area contributed by atoms with Gasteiger partial charge in [0.25, 0.3) is 0 Å². The number of hydrogen-bond acceptors (Lipinski definition) is 4. The number of thioether (sulfide) groups is 1. The zero-order valence-electron chi connectivity index (χ0n) is 14.6. The van der Waals surface area contributed by atoms with E-state index in [-0.39, 0.29) is 24.4 Å². The fourth-order valence-electron chi connectivity index (χ4n) is 2.15. The van der Waals surface area contributed by atoms with Crippen molar-refractivity contribution in [2.75, 3.05) is 10.6 Å². The minimum Gasteiger partial charge on any atom is -0.481 e. The fraction of sp³-hybridized carbons (Fsp3) is 0.211. The van der Waals surface area contributed by atoms with Gasteiger partial charge >= 0.3 is 5.97 Å². The number of aliphatic carboxylic acids is 1. The van der Waals surface area contributed by atoms with E-state index in [0.29, 0.717) is 5.69 Å². The predicted molar refractivity (Wildman–Crippen MR) is 102 cm³/mol. The highest BCUT2D eigenvalue weighted by Crippen LogP contribution is 2.27. The summed E-state index contributed by atoms with van der Waals surface area (Å²) in [6.45, 7) is 1.69. The number of carboxylic acids is 1. The average molecular weight is 390 g/mol. The van der Waals surface area contributed by atoms with E-state index in [1.165, 1.54) is 23.9 Å². The molecule has 0 bridgehead atoms. The summed E-state index contributed by atoms with van der Waals surface area (Å²) in [6, 6.07) is 12.8. The lowest BCUT2D eigenvalue weighted by molar-refractivity contribution is -0.138. The Morgan fingerprint density at radius 3 is 2.52 bits per heavy atom. The van der Waals surface area contributed by atoms with E-state index in [4.69, 9.17) is 5.11 Å². The second kappa shape index (κ2) is 9.72.